The first-order valence-corrected chi connectivity index (χ1v) is 2.83. The van der Waals surface area contributed by atoms with Gasteiger partial charge in [0.05, 0.1) is 6.54 Å². The molecule has 0 atom stereocenters. The van der Waals surface area contributed by atoms with E-state index in [2.05, 4.69) is 15.5 Å². The van der Waals surface area contributed by atoms with Gasteiger partial charge in [0.15, 0.2) is 0 Å². The summed E-state index contributed by atoms with van der Waals surface area (Å²) in [6, 6.07) is 0. The molecular formula is C5H10N4. The molecule has 0 aromatic heterocycles. The number of hydrogen-bond donors (Lipinski definition) is 1. The van der Waals surface area contributed by atoms with Crippen LogP contribution in [-0.4, -0.2) is 30.8 Å². The zero-order valence-electron chi connectivity index (χ0n) is 5.63. The molecule has 0 bridgehead atoms. The zero-order chi connectivity index (χ0) is 6.69. The molecule has 1 aliphatic rings. The molecule has 1 aliphatic heterocycles. The normalized spacial score (nSPS) is 18.4. The van der Waals surface area contributed by atoms with Crippen molar-refractivity contribution in [1.29, 1.82) is 0 Å². The number of amidine groups is 1. The predicted molar refractivity (Wildman–Crippen MR) is 37.4 cm³/mol. The largest absolute Gasteiger partial charge is 0.270 e. The lowest BCUT2D eigenvalue weighted by molar-refractivity contribution is 0.312. The van der Waals surface area contributed by atoms with Crippen molar-refractivity contribution in [1.82, 2.24) is 10.5 Å². The maximum Gasteiger partial charge on any atom is 0.113 e. The number of aliphatic imine (C=N–C) groups is 1. The standard InChI is InChI=1S/C5H10N4/c1-5-6-3-4-7-9(2)8-5/h4H,3H2,1-2H3,(H,6,8). The van der Waals surface area contributed by atoms with E-state index in [1.54, 1.807) is 11.3 Å². The van der Waals surface area contributed by atoms with Crippen molar-refractivity contribution in [3.63, 3.8) is 0 Å². The Hall–Kier alpha value is -1.06. The van der Waals surface area contributed by atoms with Gasteiger partial charge in [0.1, 0.15) is 5.84 Å². The molecule has 4 heteroatoms. The molecule has 1 N–H and O–H groups in total. The molecular weight excluding hydrogens is 116 g/mol. The molecule has 0 aromatic rings. The third kappa shape index (κ3) is 1.71. The summed E-state index contributed by atoms with van der Waals surface area (Å²) >= 11 is 0. The van der Waals surface area contributed by atoms with Crippen molar-refractivity contribution in [2.24, 2.45) is 10.1 Å². The van der Waals surface area contributed by atoms with Crippen LogP contribution in [0, 0.1) is 0 Å². The Labute approximate surface area is 54.2 Å². The second kappa shape index (κ2) is 2.48. The van der Waals surface area contributed by atoms with Crippen LogP contribution in [0.5, 0.6) is 0 Å². The quantitative estimate of drug-likeness (QED) is 0.490. The van der Waals surface area contributed by atoms with E-state index in [1.807, 2.05) is 14.0 Å². The van der Waals surface area contributed by atoms with Gasteiger partial charge in [0, 0.05) is 13.3 Å². The van der Waals surface area contributed by atoms with E-state index in [1.165, 1.54) is 0 Å². The van der Waals surface area contributed by atoms with Crippen molar-refractivity contribution in [2.75, 3.05) is 13.6 Å². The summed E-state index contributed by atoms with van der Waals surface area (Å²) in [6.45, 7) is 2.58. The summed E-state index contributed by atoms with van der Waals surface area (Å²) in [6.07, 6.45) is 1.75. The van der Waals surface area contributed by atoms with Crippen LogP contribution in [0.2, 0.25) is 0 Å². The van der Waals surface area contributed by atoms with Gasteiger partial charge < -0.3 is 0 Å². The molecule has 1 heterocycles. The summed E-state index contributed by atoms with van der Waals surface area (Å²) < 4.78 is 0. The molecule has 0 saturated carbocycles. The van der Waals surface area contributed by atoms with Gasteiger partial charge in [-0.3, -0.25) is 10.4 Å². The summed E-state index contributed by atoms with van der Waals surface area (Å²) in [5, 5.41) is 5.59. The topological polar surface area (TPSA) is 40.0 Å². The third-order valence-corrected chi connectivity index (χ3v) is 0.989. The maximum atomic E-state index is 4.09. The van der Waals surface area contributed by atoms with E-state index >= 15 is 0 Å². The Morgan fingerprint density at radius 3 is 3.33 bits per heavy atom. The van der Waals surface area contributed by atoms with Gasteiger partial charge in [0.25, 0.3) is 0 Å². The van der Waals surface area contributed by atoms with Crippen molar-refractivity contribution < 1.29 is 0 Å². The molecule has 0 aromatic carbocycles. The zero-order valence-corrected chi connectivity index (χ0v) is 5.63. The fourth-order valence-corrected chi connectivity index (χ4v) is 0.635. The molecule has 0 amide bonds. The number of hydrogen-bond acceptors (Lipinski definition) is 4. The number of hydrazine groups is 1. The Morgan fingerprint density at radius 2 is 2.56 bits per heavy atom. The van der Waals surface area contributed by atoms with Crippen LogP contribution in [0.25, 0.3) is 0 Å². The predicted octanol–water partition coefficient (Wildman–Crippen LogP) is -0.159. The van der Waals surface area contributed by atoms with E-state index in [4.69, 9.17) is 0 Å². The SMILES string of the molecule is CC1=NCC=NN(C)N1. The van der Waals surface area contributed by atoms with Gasteiger partial charge >= 0.3 is 0 Å². The molecule has 0 fully saturated rings. The second-order valence-corrected chi connectivity index (χ2v) is 1.86. The Kier molecular flexibility index (Phi) is 1.67. The lowest BCUT2D eigenvalue weighted by atomic mass is 10.6. The lowest BCUT2D eigenvalue weighted by Gasteiger charge is -2.11. The first-order valence-electron chi connectivity index (χ1n) is 2.83. The van der Waals surface area contributed by atoms with E-state index < -0.39 is 0 Å². The van der Waals surface area contributed by atoms with Crippen molar-refractivity contribution in [2.45, 2.75) is 6.92 Å². The summed E-state index contributed by atoms with van der Waals surface area (Å²) in [5.41, 5.74) is 2.93. The summed E-state index contributed by atoms with van der Waals surface area (Å²) in [4.78, 5) is 4.09. The fraction of sp³-hybridized carbons (Fsp3) is 0.600. The molecule has 0 radical (unpaired) electrons. The molecule has 1 rings (SSSR count). The highest BCUT2D eigenvalue weighted by molar-refractivity contribution is 5.81. The monoisotopic (exact) mass is 126 g/mol. The molecule has 0 aliphatic carbocycles. The average Bonchev–Trinajstić information content (AvgIpc) is 1.93. The van der Waals surface area contributed by atoms with Crippen LogP contribution in [0.3, 0.4) is 0 Å². The van der Waals surface area contributed by atoms with E-state index in [0.717, 1.165) is 5.84 Å². The third-order valence-electron chi connectivity index (χ3n) is 0.989. The molecule has 0 spiro atoms. The number of nitrogens with one attached hydrogen (secondary N) is 1. The number of rotatable bonds is 0. The minimum Gasteiger partial charge on any atom is -0.270 e. The Morgan fingerprint density at radius 1 is 1.78 bits per heavy atom. The van der Waals surface area contributed by atoms with Crippen molar-refractivity contribution in [3.05, 3.63) is 0 Å². The van der Waals surface area contributed by atoms with E-state index in [0.29, 0.717) is 6.54 Å². The van der Waals surface area contributed by atoms with Gasteiger partial charge in [-0.05, 0) is 6.92 Å². The smallest absolute Gasteiger partial charge is 0.113 e. The van der Waals surface area contributed by atoms with Crippen molar-refractivity contribution in [3.8, 4) is 0 Å². The minimum absolute atomic E-state index is 0.670. The first kappa shape index (κ1) is 6.07. The number of hydrazone groups is 1. The van der Waals surface area contributed by atoms with Crippen molar-refractivity contribution >= 4 is 12.1 Å². The lowest BCUT2D eigenvalue weighted by Crippen LogP contribution is -2.32. The van der Waals surface area contributed by atoms with E-state index in [9.17, 15) is 0 Å². The van der Waals surface area contributed by atoms with E-state index in [-0.39, 0.29) is 0 Å². The summed E-state index contributed by atoms with van der Waals surface area (Å²) in [5.74, 6) is 0.898. The van der Waals surface area contributed by atoms with Crippen LogP contribution in [0.4, 0.5) is 0 Å². The van der Waals surface area contributed by atoms with Crippen LogP contribution in [0.15, 0.2) is 10.1 Å². The first-order chi connectivity index (χ1) is 4.29. The Balaban J connectivity index is 2.58. The number of nitrogens with zero attached hydrogens (tertiary/aromatic N) is 3. The van der Waals surface area contributed by atoms with Gasteiger partial charge in [-0.1, -0.05) is 0 Å². The molecule has 9 heavy (non-hydrogen) atoms. The summed E-state index contributed by atoms with van der Waals surface area (Å²) in [7, 11) is 1.83. The molecule has 50 valence electrons. The van der Waals surface area contributed by atoms with Gasteiger partial charge in [-0.2, -0.15) is 5.10 Å². The highest BCUT2D eigenvalue weighted by Crippen LogP contribution is 1.82. The Bertz CT molecular complexity index is 149. The highest BCUT2D eigenvalue weighted by atomic mass is 15.7. The molecule has 0 unspecified atom stereocenters. The maximum absolute atomic E-state index is 4.09. The average molecular weight is 126 g/mol. The van der Waals surface area contributed by atoms with Gasteiger partial charge in [-0.15, -0.1) is 0 Å². The molecule has 4 nitrogen and oxygen atoms in total. The minimum atomic E-state index is 0.670. The van der Waals surface area contributed by atoms with Crippen LogP contribution in [0.1, 0.15) is 6.92 Å². The van der Waals surface area contributed by atoms with Crippen LogP contribution >= 0.6 is 0 Å². The van der Waals surface area contributed by atoms with Gasteiger partial charge in [0.2, 0.25) is 0 Å². The van der Waals surface area contributed by atoms with Crippen LogP contribution in [-0.2, 0) is 0 Å². The fourth-order valence-electron chi connectivity index (χ4n) is 0.635. The van der Waals surface area contributed by atoms with Crippen LogP contribution < -0.4 is 5.43 Å². The highest BCUT2D eigenvalue weighted by Gasteiger charge is 1.94. The second-order valence-electron chi connectivity index (χ2n) is 1.86. The molecule has 0 saturated heterocycles. The van der Waals surface area contributed by atoms with Gasteiger partial charge in [-0.25, -0.2) is 5.12 Å².